The van der Waals surface area contributed by atoms with E-state index in [0.717, 1.165) is 177 Å². The number of benzene rings is 19. The largest absolute Gasteiger partial charge is 0.456 e. The summed E-state index contributed by atoms with van der Waals surface area (Å²) >= 11 is 0. The molecule has 14 heteroatoms. The lowest BCUT2D eigenvalue weighted by molar-refractivity contribution is 0.661. The molecule has 0 radical (unpaired) electrons. The van der Waals surface area contributed by atoms with Gasteiger partial charge >= 0.3 is 0 Å². The van der Waals surface area contributed by atoms with E-state index < -0.39 is 0 Å². The Hall–Kier alpha value is -19.2. The maximum absolute atomic E-state index is 6.38. The predicted molar refractivity (Wildman–Crippen MR) is 583 cm³/mol. The van der Waals surface area contributed by atoms with Crippen LogP contribution in [-0.2, 0) is 5.41 Å². The Balaban J connectivity index is 0.000000102. The Kier molecular flexibility index (Phi) is 18.1. The quantitative estimate of drug-likeness (QED) is 0.129. The van der Waals surface area contributed by atoms with Crippen LogP contribution in [0.5, 0.6) is 0 Å². The van der Waals surface area contributed by atoms with Gasteiger partial charge in [-0.3, -0.25) is 0 Å². The number of fused-ring (bicyclic) bond motifs is 27. The molecule has 1 aliphatic carbocycles. The average Bonchev–Trinajstić information content (AvgIpc) is 1.54. The van der Waals surface area contributed by atoms with Gasteiger partial charge < -0.3 is 35.9 Å². The number of aromatic nitrogens is 10. The molecule has 0 saturated heterocycles. The third-order valence-electron chi connectivity index (χ3n) is 28.9. The second-order valence-electron chi connectivity index (χ2n) is 37.4. The van der Waals surface area contributed by atoms with Crippen molar-refractivity contribution in [3.8, 4) is 102 Å². The first-order valence-corrected chi connectivity index (χ1v) is 48.3. The van der Waals surface area contributed by atoms with Crippen molar-refractivity contribution in [3.63, 3.8) is 0 Å². The van der Waals surface area contributed by atoms with Crippen molar-refractivity contribution in [2.24, 2.45) is 0 Å². The van der Waals surface area contributed by atoms with Gasteiger partial charge in [-0.15, -0.1) is 0 Å². The third kappa shape index (κ3) is 12.8. The van der Waals surface area contributed by atoms with Gasteiger partial charge in [0, 0.05) is 126 Å². The van der Waals surface area contributed by atoms with Crippen LogP contribution in [0.25, 0.3) is 277 Å². The molecule has 30 aromatic rings. The summed E-state index contributed by atoms with van der Waals surface area (Å²) in [6.07, 6.45) is 0. The van der Waals surface area contributed by atoms with Crippen LogP contribution in [0.1, 0.15) is 25.0 Å². The molecule has 14 nitrogen and oxygen atoms in total. The van der Waals surface area contributed by atoms with E-state index in [1.165, 1.54) is 76.6 Å². The smallest absolute Gasteiger partial charge is 0.180 e. The fourth-order valence-electron chi connectivity index (χ4n) is 22.4. The van der Waals surface area contributed by atoms with Crippen LogP contribution < -0.4 is 0 Å². The van der Waals surface area contributed by atoms with Crippen LogP contribution in [0.4, 0.5) is 0 Å². The molecule has 670 valence electrons. The van der Waals surface area contributed by atoms with Gasteiger partial charge in [0.1, 0.15) is 61.5 Å². The van der Waals surface area contributed by atoms with Gasteiger partial charge in [-0.1, -0.05) is 311 Å². The van der Waals surface area contributed by atoms with Crippen LogP contribution in [-0.4, -0.2) is 48.2 Å². The molecule has 0 saturated carbocycles. The number of hydrogen-bond acceptors (Lipinski definition) is 10. The first-order chi connectivity index (χ1) is 70.7. The van der Waals surface area contributed by atoms with E-state index in [9.17, 15) is 0 Å². The van der Waals surface area contributed by atoms with E-state index in [1.807, 2.05) is 121 Å². The zero-order valence-electron chi connectivity index (χ0n) is 77.3. The fraction of sp³-hybridized carbons (Fsp3) is 0.0233. The van der Waals surface area contributed by atoms with Gasteiger partial charge in [-0.05, 0) is 174 Å². The lowest BCUT2D eigenvalue weighted by Gasteiger charge is -2.21. The molecule has 0 atom stereocenters. The Morgan fingerprint density at radius 3 is 1.00 bits per heavy atom. The minimum Gasteiger partial charge on any atom is -0.456 e. The van der Waals surface area contributed by atoms with E-state index in [-0.39, 0.29) is 5.41 Å². The molecule has 19 aromatic carbocycles. The second-order valence-corrected chi connectivity index (χ2v) is 37.4. The van der Waals surface area contributed by atoms with Crippen molar-refractivity contribution in [2.75, 3.05) is 0 Å². The van der Waals surface area contributed by atoms with Crippen LogP contribution in [0.2, 0.25) is 0 Å². The molecule has 1 aliphatic rings. The highest BCUT2D eigenvalue weighted by atomic mass is 16.3. The highest BCUT2D eigenvalue weighted by Crippen LogP contribution is 2.53. The Morgan fingerprint density at radius 1 is 0.189 bits per heavy atom. The van der Waals surface area contributed by atoms with Gasteiger partial charge in [-0.2, -0.15) is 0 Å². The van der Waals surface area contributed by atoms with Crippen molar-refractivity contribution < 1.29 is 17.7 Å². The molecule has 31 rings (SSSR count). The highest BCUT2D eigenvalue weighted by molar-refractivity contribution is 6.22. The summed E-state index contributed by atoms with van der Waals surface area (Å²) < 4.78 is 34.9. The molecular weight excluding hydrogens is 1750 g/mol. The first-order valence-electron chi connectivity index (χ1n) is 48.3. The summed E-state index contributed by atoms with van der Waals surface area (Å²) in [5.41, 5.74) is 35.7. The van der Waals surface area contributed by atoms with Crippen molar-refractivity contribution in [1.29, 1.82) is 0 Å². The number of nitrogens with zero attached hydrogens (tertiary/aromatic N) is 10. The van der Waals surface area contributed by atoms with Crippen LogP contribution in [0.15, 0.2) is 467 Å². The van der Waals surface area contributed by atoms with Crippen LogP contribution in [0.3, 0.4) is 0 Å². The lowest BCUT2D eigenvalue weighted by Crippen LogP contribution is -2.14. The van der Waals surface area contributed by atoms with Crippen molar-refractivity contribution in [3.05, 3.63) is 460 Å². The topological polar surface area (TPSA) is 150 Å². The number of hydrogen-bond donors (Lipinski definition) is 0. The minimum absolute atomic E-state index is 0.0626. The average molecular weight is 1830 g/mol. The highest BCUT2D eigenvalue weighted by Gasteiger charge is 2.37. The molecular formula is C129H80N10O4. The Morgan fingerprint density at radius 2 is 0.517 bits per heavy atom. The SMILES string of the molecule is CC1(C)c2ccccc2-c2cc3c(cc21)c1ccccc1n3-c1cccc(-c2nc(-c3ccccc3)c3oc4ccccc4c3n2)c1.c1ccc(-c2nc(-c3cccc(-n4c5ccccc5c5cc6c(cc54)c4ccccc4n6-c4ccccc4)c3)nc3c2oc2ccccc23)cc1.c1ccc(-c2nc(-c3ccccc3-n3c4ccccc4c4cc5oc6ccccc6c5cc43)nc3c2oc2ccccc23)cc1. The molecule has 0 amide bonds. The molecule has 0 aliphatic heterocycles. The lowest BCUT2D eigenvalue weighted by atomic mass is 9.82. The maximum atomic E-state index is 6.38. The van der Waals surface area contributed by atoms with Crippen molar-refractivity contribution >= 4 is 175 Å². The summed E-state index contributed by atoms with van der Waals surface area (Å²) in [7, 11) is 0. The number of para-hydroxylation sites is 10. The molecule has 11 heterocycles. The van der Waals surface area contributed by atoms with Crippen LogP contribution in [0, 0.1) is 0 Å². The number of rotatable bonds is 10. The molecule has 0 unspecified atom stereocenters. The van der Waals surface area contributed by atoms with E-state index in [4.69, 9.17) is 47.6 Å². The Labute approximate surface area is 816 Å². The van der Waals surface area contributed by atoms with Crippen molar-refractivity contribution in [2.45, 2.75) is 19.3 Å². The minimum atomic E-state index is -0.0626. The summed E-state index contributed by atoms with van der Waals surface area (Å²) in [4.78, 5) is 31.0. The monoisotopic (exact) mass is 1830 g/mol. The van der Waals surface area contributed by atoms with E-state index in [1.54, 1.807) is 0 Å². The van der Waals surface area contributed by atoms with Crippen LogP contribution >= 0.6 is 0 Å². The summed E-state index contributed by atoms with van der Waals surface area (Å²) in [5, 5.41) is 14.8. The van der Waals surface area contributed by atoms with Gasteiger partial charge in [-0.25, -0.2) is 29.9 Å². The van der Waals surface area contributed by atoms with E-state index >= 15 is 0 Å². The van der Waals surface area contributed by atoms with E-state index in [2.05, 4.69) is 360 Å². The summed E-state index contributed by atoms with van der Waals surface area (Å²) in [5.74, 6) is 1.97. The summed E-state index contributed by atoms with van der Waals surface area (Å²) in [6, 6.07) is 157. The van der Waals surface area contributed by atoms with E-state index in [0.29, 0.717) is 34.2 Å². The van der Waals surface area contributed by atoms with Gasteiger partial charge in [0.2, 0.25) is 0 Å². The Bertz CT molecular complexity index is 10500. The fourth-order valence-corrected chi connectivity index (χ4v) is 22.4. The van der Waals surface area contributed by atoms with Gasteiger partial charge in [0.05, 0.1) is 49.8 Å². The summed E-state index contributed by atoms with van der Waals surface area (Å²) in [6.45, 7) is 4.69. The van der Waals surface area contributed by atoms with Gasteiger partial charge in [0.25, 0.3) is 0 Å². The zero-order chi connectivity index (χ0) is 94.2. The van der Waals surface area contributed by atoms with Gasteiger partial charge in [0.15, 0.2) is 34.2 Å². The predicted octanol–water partition coefficient (Wildman–Crippen LogP) is 33.7. The third-order valence-corrected chi connectivity index (χ3v) is 28.9. The second kappa shape index (κ2) is 32.0. The molecule has 0 spiro atoms. The zero-order valence-corrected chi connectivity index (χ0v) is 77.3. The van der Waals surface area contributed by atoms with Crippen molar-refractivity contribution in [1.82, 2.24) is 48.2 Å². The molecule has 0 fully saturated rings. The molecule has 143 heavy (non-hydrogen) atoms. The molecule has 11 aromatic heterocycles. The molecule has 0 N–H and O–H groups in total. The maximum Gasteiger partial charge on any atom is 0.180 e. The first kappa shape index (κ1) is 81.0. The standard InChI is InChI=1S/C46H28N4O.C43H29N3O.C40H23N3O2/c1-3-14-29(15-4-1)43-45-44(35-22-9-12-25-42(35)51-45)48-46(47-43)30-16-13-19-32(26-30)50-39-24-11-8-21-34(39)37-27-40-36(28-41(37)50)33-20-7-10-23-38(33)49(40)31-17-5-2-6-18-31;1-43(2)34-20-9-6-17-29(34)32-25-37-33(24-35(32)43)30-18-7-10-21-36(30)46(37)28-16-12-15-27(23-28)42-44-39(26-13-4-3-5-14-26)41-40(45-42)31-19-8-11-22-38(31)47-41;1-2-12-24(13-3-1)37-39-38(28-17-7-11-21-35(28)45-39)42-40(41-37)27-16-5-9-19-32(27)43-31-18-8-4-14-25(31)29-23-36-30(22-33(29)43)26-15-6-10-20-34(26)44-36/h1-28H;3-25H,1-2H3;1-23H. The molecule has 0 bridgehead atoms. The normalized spacial score (nSPS) is 12.5. The number of furan rings is 4.